The molecule has 0 saturated heterocycles. The molecular weight excluding hydrogens is 564 g/mol. The lowest BCUT2D eigenvalue weighted by molar-refractivity contribution is 0.0503. The Kier molecular flexibility index (Phi) is 11.2. The van der Waals surface area contributed by atoms with E-state index in [1.165, 1.54) is 11.3 Å². The Hall–Kier alpha value is -3.85. The number of nitrogens with one attached hydrogen (secondary N) is 2. The molecule has 1 heterocycles. The van der Waals surface area contributed by atoms with E-state index >= 15 is 0 Å². The molecular formula is C34H42N2O6S. The van der Waals surface area contributed by atoms with Gasteiger partial charge in [0.15, 0.2) is 0 Å². The van der Waals surface area contributed by atoms with Gasteiger partial charge in [-0.15, -0.1) is 11.3 Å². The standard InChI is InChI=1S/C34H42N2O6S/c1-21(2)19-41-26-11-7-24(8-12-26)31(37)36-33-30(28-15-6-23(5)18-29(28)43-33)32(38)35-16-17-40-34(39)25-9-13-27(14-10-25)42-20-22(3)4/h7-14,21-23H,6,15-20H2,1-5H3,(H,35,38)(H,36,37). The molecule has 0 aliphatic heterocycles. The summed E-state index contributed by atoms with van der Waals surface area (Å²) in [6.07, 6.45) is 2.63. The van der Waals surface area contributed by atoms with Gasteiger partial charge in [0, 0.05) is 10.4 Å². The summed E-state index contributed by atoms with van der Waals surface area (Å²) in [4.78, 5) is 40.2. The van der Waals surface area contributed by atoms with Crippen LogP contribution >= 0.6 is 11.3 Å². The van der Waals surface area contributed by atoms with E-state index in [1.54, 1.807) is 48.5 Å². The first-order valence-electron chi connectivity index (χ1n) is 15.0. The number of amides is 2. The highest BCUT2D eigenvalue weighted by Gasteiger charge is 2.28. The van der Waals surface area contributed by atoms with E-state index in [1.807, 2.05) is 0 Å². The van der Waals surface area contributed by atoms with Gasteiger partial charge in [-0.05, 0) is 91.1 Å². The van der Waals surface area contributed by atoms with Crippen LogP contribution in [0, 0.1) is 17.8 Å². The van der Waals surface area contributed by atoms with Crippen molar-refractivity contribution in [2.45, 2.75) is 53.9 Å². The summed E-state index contributed by atoms with van der Waals surface area (Å²) < 4.78 is 16.8. The van der Waals surface area contributed by atoms with Crippen LogP contribution in [0.2, 0.25) is 0 Å². The van der Waals surface area contributed by atoms with E-state index in [4.69, 9.17) is 14.2 Å². The Morgan fingerprint density at radius 1 is 0.860 bits per heavy atom. The number of anilines is 1. The predicted octanol–water partition coefficient (Wildman–Crippen LogP) is 6.78. The summed E-state index contributed by atoms with van der Waals surface area (Å²) in [6, 6.07) is 13.8. The number of carbonyl (C=O) groups is 3. The fourth-order valence-electron chi connectivity index (χ4n) is 4.65. The number of fused-ring (bicyclic) bond motifs is 1. The van der Waals surface area contributed by atoms with Gasteiger partial charge < -0.3 is 24.8 Å². The normalized spacial score (nSPS) is 14.3. The van der Waals surface area contributed by atoms with Crippen molar-refractivity contribution in [2.24, 2.45) is 17.8 Å². The molecule has 230 valence electrons. The average molecular weight is 607 g/mol. The van der Waals surface area contributed by atoms with E-state index in [2.05, 4.69) is 45.3 Å². The van der Waals surface area contributed by atoms with Gasteiger partial charge in [-0.2, -0.15) is 0 Å². The van der Waals surface area contributed by atoms with E-state index in [0.29, 0.717) is 64.2 Å². The maximum absolute atomic E-state index is 13.4. The van der Waals surface area contributed by atoms with Gasteiger partial charge in [-0.1, -0.05) is 34.6 Å². The minimum atomic E-state index is -0.472. The van der Waals surface area contributed by atoms with Crippen LogP contribution in [-0.4, -0.2) is 44.1 Å². The van der Waals surface area contributed by atoms with E-state index in [-0.39, 0.29) is 25.0 Å². The number of thiophene rings is 1. The third kappa shape index (κ3) is 9.07. The van der Waals surface area contributed by atoms with Crippen molar-refractivity contribution >= 4 is 34.1 Å². The number of rotatable bonds is 13. The van der Waals surface area contributed by atoms with Crippen molar-refractivity contribution in [3.05, 3.63) is 75.7 Å². The quantitative estimate of drug-likeness (QED) is 0.164. The first-order chi connectivity index (χ1) is 20.6. The van der Waals surface area contributed by atoms with Crippen LogP contribution in [-0.2, 0) is 17.6 Å². The molecule has 0 radical (unpaired) electrons. The van der Waals surface area contributed by atoms with Gasteiger partial charge in [0.2, 0.25) is 0 Å². The minimum Gasteiger partial charge on any atom is -0.493 e. The molecule has 1 unspecified atom stereocenters. The molecule has 2 aromatic carbocycles. The smallest absolute Gasteiger partial charge is 0.338 e. The second-order valence-corrected chi connectivity index (χ2v) is 13.0. The summed E-state index contributed by atoms with van der Waals surface area (Å²) in [5.74, 6) is 1.68. The molecule has 1 atom stereocenters. The summed E-state index contributed by atoms with van der Waals surface area (Å²) in [5.41, 5.74) is 2.38. The second-order valence-electron chi connectivity index (χ2n) is 11.9. The topological polar surface area (TPSA) is 103 Å². The Labute approximate surface area is 258 Å². The second kappa shape index (κ2) is 15.0. The van der Waals surface area contributed by atoms with Crippen molar-refractivity contribution in [1.29, 1.82) is 0 Å². The number of hydrogen-bond donors (Lipinski definition) is 2. The van der Waals surface area contributed by atoms with Crippen molar-refractivity contribution < 1.29 is 28.6 Å². The van der Waals surface area contributed by atoms with Gasteiger partial charge in [0.05, 0.1) is 30.9 Å². The van der Waals surface area contributed by atoms with Crippen LogP contribution < -0.4 is 20.1 Å². The van der Waals surface area contributed by atoms with Gasteiger partial charge in [0.1, 0.15) is 23.1 Å². The highest BCUT2D eigenvalue weighted by molar-refractivity contribution is 7.17. The number of hydrogen-bond acceptors (Lipinski definition) is 7. The Morgan fingerprint density at radius 3 is 2.02 bits per heavy atom. The monoisotopic (exact) mass is 606 g/mol. The highest BCUT2D eigenvalue weighted by atomic mass is 32.1. The molecule has 1 aliphatic carbocycles. The van der Waals surface area contributed by atoms with Crippen LogP contribution in [0.5, 0.6) is 11.5 Å². The first kappa shape index (κ1) is 32.1. The van der Waals surface area contributed by atoms with Crippen LogP contribution in [0.15, 0.2) is 48.5 Å². The lowest BCUT2D eigenvalue weighted by atomic mass is 9.88. The molecule has 2 amide bonds. The van der Waals surface area contributed by atoms with E-state index in [9.17, 15) is 14.4 Å². The van der Waals surface area contributed by atoms with Crippen molar-refractivity contribution in [1.82, 2.24) is 5.32 Å². The maximum Gasteiger partial charge on any atom is 0.338 e. The highest BCUT2D eigenvalue weighted by Crippen LogP contribution is 2.40. The zero-order chi connectivity index (χ0) is 30.9. The number of carbonyl (C=O) groups excluding carboxylic acids is 3. The molecule has 2 N–H and O–H groups in total. The van der Waals surface area contributed by atoms with Crippen molar-refractivity contribution in [2.75, 3.05) is 31.7 Å². The first-order valence-corrected chi connectivity index (χ1v) is 15.8. The fourth-order valence-corrected chi connectivity index (χ4v) is 6.05. The zero-order valence-electron chi connectivity index (χ0n) is 25.7. The van der Waals surface area contributed by atoms with Gasteiger partial charge >= 0.3 is 5.97 Å². The van der Waals surface area contributed by atoms with E-state index in [0.717, 1.165) is 29.7 Å². The molecule has 0 saturated carbocycles. The molecule has 0 spiro atoms. The summed E-state index contributed by atoms with van der Waals surface area (Å²) in [6.45, 7) is 11.9. The largest absolute Gasteiger partial charge is 0.493 e. The van der Waals surface area contributed by atoms with Gasteiger partial charge in [-0.3, -0.25) is 9.59 Å². The van der Waals surface area contributed by atoms with Gasteiger partial charge in [-0.25, -0.2) is 4.79 Å². The Bertz CT molecular complexity index is 1400. The lowest BCUT2D eigenvalue weighted by Crippen LogP contribution is -2.29. The third-order valence-electron chi connectivity index (χ3n) is 6.96. The number of ether oxygens (including phenoxy) is 3. The Morgan fingerprint density at radius 2 is 1.44 bits per heavy atom. The molecule has 0 bridgehead atoms. The van der Waals surface area contributed by atoms with Crippen molar-refractivity contribution in [3.63, 3.8) is 0 Å². The van der Waals surface area contributed by atoms with Crippen LogP contribution in [0.4, 0.5) is 5.00 Å². The molecule has 4 rings (SSSR count). The lowest BCUT2D eigenvalue weighted by Gasteiger charge is -2.18. The molecule has 8 nitrogen and oxygen atoms in total. The maximum atomic E-state index is 13.4. The van der Waals surface area contributed by atoms with Crippen LogP contribution in [0.25, 0.3) is 0 Å². The minimum absolute atomic E-state index is 0.0203. The van der Waals surface area contributed by atoms with E-state index < -0.39 is 5.97 Å². The van der Waals surface area contributed by atoms with Crippen LogP contribution in [0.3, 0.4) is 0 Å². The average Bonchev–Trinajstić information content (AvgIpc) is 3.34. The molecule has 1 aliphatic rings. The summed E-state index contributed by atoms with van der Waals surface area (Å²) in [5, 5.41) is 6.40. The van der Waals surface area contributed by atoms with Crippen molar-refractivity contribution in [3.8, 4) is 11.5 Å². The predicted molar refractivity (Wildman–Crippen MR) is 170 cm³/mol. The van der Waals surface area contributed by atoms with Gasteiger partial charge in [0.25, 0.3) is 11.8 Å². The molecule has 0 fully saturated rings. The number of benzene rings is 2. The SMILES string of the molecule is CC(C)COc1ccc(C(=O)Nc2sc3c(c2C(=O)NCCOC(=O)c2ccc(OCC(C)C)cc2)CCC(C)C3)cc1. The zero-order valence-corrected chi connectivity index (χ0v) is 26.5. The van der Waals surface area contributed by atoms with Crippen LogP contribution in [0.1, 0.15) is 82.6 Å². The fraction of sp³-hybridized carbons (Fsp3) is 0.441. The summed E-state index contributed by atoms with van der Waals surface area (Å²) >= 11 is 1.47. The molecule has 3 aromatic rings. The molecule has 1 aromatic heterocycles. The molecule has 43 heavy (non-hydrogen) atoms. The molecule has 9 heteroatoms. The summed E-state index contributed by atoms with van der Waals surface area (Å²) in [7, 11) is 0. The third-order valence-corrected chi connectivity index (χ3v) is 8.13. The Balaban J connectivity index is 1.36. The number of esters is 1.